The first-order valence-electron chi connectivity index (χ1n) is 10.2. The first-order chi connectivity index (χ1) is 13.4. The van der Waals surface area contributed by atoms with Crippen LogP contribution < -0.4 is 0 Å². The molecule has 0 saturated carbocycles. The van der Waals surface area contributed by atoms with Gasteiger partial charge in [0.1, 0.15) is 0 Å². The van der Waals surface area contributed by atoms with Gasteiger partial charge in [-0.2, -0.15) is 0 Å². The van der Waals surface area contributed by atoms with E-state index in [1.807, 2.05) is 18.3 Å². The number of hydrogen-bond acceptors (Lipinski definition) is 1. The Labute approximate surface area is 181 Å². The number of hydrogen-bond donors (Lipinski definition) is 0. The number of rotatable bonds is 8. The molecule has 2 heterocycles. The van der Waals surface area contributed by atoms with E-state index in [4.69, 9.17) is 0 Å². The van der Waals surface area contributed by atoms with E-state index in [-0.39, 0.29) is 20.1 Å². The molecule has 3 heteroatoms. The van der Waals surface area contributed by atoms with Crippen molar-refractivity contribution < 1.29 is 20.1 Å². The van der Waals surface area contributed by atoms with Gasteiger partial charge in [0.2, 0.25) is 0 Å². The molecular formula is C25H27IrN2-. The second kappa shape index (κ2) is 10.0. The molecule has 0 amide bonds. The molecule has 0 bridgehead atoms. The molecular weight excluding hydrogens is 521 g/mol. The quantitative estimate of drug-likeness (QED) is 0.171. The zero-order chi connectivity index (χ0) is 18.5. The van der Waals surface area contributed by atoms with Gasteiger partial charge in [-0.1, -0.05) is 74.7 Å². The smallest absolute Gasteiger partial charge is 0.0383 e. The van der Waals surface area contributed by atoms with Crippen LogP contribution in [0.25, 0.3) is 33.1 Å². The standard InChI is InChI=1S/C25H27N2.Ir/c1-2-3-4-5-6-11-18-27-24-14-8-7-12-21(24)22-16-15-20(19-25(22)27)23-13-9-10-17-26-23;/h7-10,12-14,16-17,19H,2-6,11,18H2,1H3;/q-1;. The Morgan fingerprint density at radius 2 is 1.64 bits per heavy atom. The Kier molecular flexibility index (Phi) is 7.42. The molecule has 2 aromatic carbocycles. The summed E-state index contributed by atoms with van der Waals surface area (Å²) in [6, 6.07) is 22.6. The molecule has 0 aliphatic carbocycles. The van der Waals surface area contributed by atoms with Crippen molar-refractivity contribution in [1.82, 2.24) is 9.55 Å². The van der Waals surface area contributed by atoms with E-state index in [0.29, 0.717) is 0 Å². The summed E-state index contributed by atoms with van der Waals surface area (Å²) < 4.78 is 2.49. The Morgan fingerprint density at radius 1 is 0.857 bits per heavy atom. The molecule has 0 saturated heterocycles. The third-order valence-electron chi connectivity index (χ3n) is 5.38. The molecule has 0 atom stereocenters. The normalized spacial score (nSPS) is 11.0. The fraction of sp³-hybridized carbons (Fsp3) is 0.320. The van der Waals surface area contributed by atoms with Crippen LogP contribution in [0, 0.1) is 6.07 Å². The first kappa shape index (κ1) is 20.8. The van der Waals surface area contributed by atoms with E-state index in [1.54, 1.807) is 0 Å². The minimum Gasteiger partial charge on any atom is -0.358 e. The van der Waals surface area contributed by atoms with E-state index in [1.165, 1.54) is 60.3 Å². The van der Waals surface area contributed by atoms with Crippen molar-refractivity contribution >= 4 is 21.8 Å². The minimum absolute atomic E-state index is 0. The van der Waals surface area contributed by atoms with Crippen molar-refractivity contribution in [3.63, 3.8) is 0 Å². The number of benzene rings is 2. The van der Waals surface area contributed by atoms with E-state index >= 15 is 0 Å². The van der Waals surface area contributed by atoms with Gasteiger partial charge < -0.3 is 9.55 Å². The number of para-hydroxylation sites is 1. The summed E-state index contributed by atoms with van der Waals surface area (Å²) in [6.07, 6.45) is 9.76. The maximum absolute atomic E-state index is 4.50. The maximum atomic E-state index is 4.50. The van der Waals surface area contributed by atoms with Crippen molar-refractivity contribution in [2.45, 2.75) is 52.0 Å². The molecule has 4 rings (SSSR count). The molecule has 2 nitrogen and oxygen atoms in total. The number of nitrogens with zero attached hydrogens (tertiary/aromatic N) is 2. The third-order valence-corrected chi connectivity index (χ3v) is 5.38. The van der Waals surface area contributed by atoms with Crippen LogP contribution in [-0.4, -0.2) is 9.55 Å². The zero-order valence-corrected chi connectivity index (χ0v) is 18.8. The molecule has 0 unspecified atom stereocenters. The SMILES string of the molecule is CCCCCCCCn1c2ccccc2c2c[c-]c(-c3ccccn3)cc21.[Ir]. The number of aromatic nitrogens is 2. The summed E-state index contributed by atoms with van der Waals surface area (Å²) >= 11 is 0. The fourth-order valence-corrected chi connectivity index (χ4v) is 3.95. The Balaban J connectivity index is 0.00000225. The second-order valence-corrected chi connectivity index (χ2v) is 7.30. The van der Waals surface area contributed by atoms with E-state index in [2.05, 4.69) is 65.0 Å². The molecule has 1 radical (unpaired) electrons. The summed E-state index contributed by atoms with van der Waals surface area (Å²) in [5, 5.41) is 2.61. The molecule has 0 fully saturated rings. The topological polar surface area (TPSA) is 17.8 Å². The van der Waals surface area contributed by atoms with Gasteiger partial charge in [-0.25, -0.2) is 0 Å². The van der Waals surface area contributed by atoms with Gasteiger partial charge in [0, 0.05) is 38.4 Å². The van der Waals surface area contributed by atoms with Crippen molar-refractivity contribution in [2.24, 2.45) is 0 Å². The van der Waals surface area contributed by atoms with Gasteiger partial charge >= 0.3 is 0 Å². The molecule has 0 N–H and O–H groups in total. The minimum atomic E-state index is 0. The molecule has 28 heavy (non-hydrogen) atoms. The second-order valence-electron chi connectivity index (χ2n) is 7.30. The largest absolute Gasteiger partial charge is 0.358 e. The third kappa shape index (κ3) is 4.37. The van der Waals surface area contributed by atoms with Gasteiger partial charge in [-0.15, -0.1) is 23.8 Å². The van der Waals surface area contributed by atoms with Crippen LogP contribution in [0.5, 0.6) is 0 Å². The average molecular weight is 548 g/mol. The van der Waals surface area contributed by atoms with E-state index < -0.39 is 0 Å². The molecule has 4 aromatic rings. The van der Waals surface area contributed by atoms with Gasteiger partial charge in [0.15, 0.2) is 0 Å². The molecule has 147 valence electrons. The Bertz CT molecular complexity index is 1020. The Morgan fingerprint density at radius 3 is 2.46 bits per heavy atom. The maximum Gasteiger partial charge on any atom is 0.0383 e. The van der Waals surface area contributed by atoms with Crippen molar-refractivity contribution in [3.05, 3.63) is 66.9 Å². The zero-order valence-electron chi connectivity index (χ0n) is 16.5. The summed E-state index contributed by atoms with van der Waals surface area (Å²) in [5.41, 5.74) is 4.67. The molecule has 0 spiro atoms. The number of fused-ring (bicyclic) bond motifs is 3. The first-order valence-corrected chi connectivity index (χ1v) is 10.2. The predicted octanol–water partition coefficient (Wildman–Crippen LogP) is 7.01. The molecule has 0 aliphatic heterocycles. The van der Waals surface area contributed by atoms with Crippen molar-refractivity contribution in [1.29, 1.82) is 0 Å². The van der Waals surface area contributed by atoms with Gasteiger partial charge in [-0.3, -0.25) is 0 Å². The van der Waals surface area contributed by atoms with Crippen LogP contribution in [0.1, 0.15) is 45.4 Å². The fourth-order valence-electron chi connectivity index (χ4n) is 3.95. The predicted molar refractivity (Wildman–Crippen MR) is 115 cm³/mol. The van der Waals surface area contributed by atoms with Crippen LogP contribution in [0.3, 0.4) is 0 Å². The van der Waals surface area contributed by atoms with Crippen LogP contribution >= 0.6 is 0 Å². The Hall–Kier alpha value is -1.96. The summed E-state index contributed by atoms with van der Waals surface area (Å²) in [6.45, 7) is 3.34. The van der Waals surface area contributed by atoms with Crippen LogP contribution in [0.2, 0.25) is 0 Å². The van der Waals surface area contributed by atoms with Crippen molar-refractivity contribution in [3.8, 4) is 11.3 Å². The number of pyridine rings is 1. The van der Waals surface area contributed by atoms with E-state index in [0.717, 1.165) is 17.8 Å². The van der Waals surface area contributed by atoms with Crippen LogP contribution in [0.4, 0.5) is 0 Å². The summed E-state index contributed by atoms with van der Waals surface area (Å²) in [4.78, 5) is 4.50. The van der Waals surface area contributed by atoms with Gasteiger partial charge in [0.05, 0.1) is 0 Å². The average Bonchev–Trinajstić information content (AvgIpc) is 3.04. The van der Waals surface area contributed by atoms with Gasteiger partial charge in [-0.05, 0) is 35.2 Å². The number of aryl methyl sites for hydroxylation is 1. The van der Waals surface area contributed by atoms with Crippen molar-refractivity contribution in [2.75, 3.05) is 0 Å². The van der Waals surface area contributed by atoms with Crippen LogP contribution in [0.15, 0.2) is 60.8 Å². The monoisotopic (exact) mass is 548 g/mol. The number of unbranched alkanes of at least 4 members (excludes halogenated alkanes) is 5. The molecule has 0 aliphatic rings. The van der Waals surface area contributed by atoms with Crippen LogP contribution in [-0.2, 0) is 26.7 Å². The summed E-state index contributed by atoms with van der Waals surface area (Å²) in [5.74, 6) is 0. The summed E-state index contributed by atoms with van der Waals surface area (Å²) in [7, 11) is 0. The molecule has 2 aromatic heterocycles. The van der Waals surface area contributed by atoms with E-state index in [9.17, 15) is 0 Å². The van der Waals surface area contributed by atoms with Gasteiger partial charge in [0.25, 0.3) is 0 Å².